The van der Waals surface area contributed by atoms with Crippen LogP contribution in [0.2, 0.25) is 0 Å². The molecule has 3 rings (SSSR count). The van der Waals surface area contributed by atoms with E-state index in [1.165, 1.54) is 0 Å². The normalized spacial score (nSPS) is 17.7. The van der Waals surface area contributed by atoms with Crippen molar-refractivity contribution < 1.29 is 14.3 Å². The topological polar surface area (TPSA) is 38.8 Å². The van der Waals surface area contributed by atoms with Gasteiger partial charge in [0.15, 0.2) is 0 Å². The fourth-order valence-electron chi connectivity index (χ4n) is 2.81. The zero-order valence-electron chi connectivity index (χ0n) is 13.8. The predicted octanol–water partition coefficient (Wildman–Crippen LogP) is 2.67. The largest absolute Gasteiger partial charge is 0.374 e. The first-order valence-corrected chi connectivity index (χ1v) is 8.36. The highest BCUT2D eigenvalue weighted by atomic mass is 16.5. The van der Waals surface area contributed by atoms with Crippen LogP contribution in [0.1, 0.15) is 11.1 Å². The molecular formula is C20H23NO3. The molecule has 0 saturated carbocycles. The van der Waals surface area contributed by atoms with Crippen LogP contribution in [-0.2, 0) is 27.3 Å². The molecule has 1 saturated heterocycles. The van der Waals surface area contributed by atoms with Crippen molar-refractivity contribution in [3.63, 3.8) is 0 Å². The molecule has 126 valence electrons. The monoisotopic (exact) mass is 325 g/mol. The Balaban J connectivity index is 1.44. The Bertz CT molecular complexity index is 630. The summed E-state index contributed by atoms with van der Waals surface area (Å²) in [6, 6.07) is 19.9. The van der Waals surface area contributed by atoms with E-state index in [0.29, 0.717) is 39.3 Å². The van der Waals surface area contributed by atoms with E-state index in [0.717, 1.165) is 11.1 Å². The van der Waals surface area contributed by atoms with Gasteiger partial charge in [0.25, 0.3) is 0 Å². The number of morpholine rings is 1. The highest BCUT2D eigenvalue weighted by Crippen LogP contribution is 2.10. The lowest BCUT2D eigenvalue weighted by atomic mass is 10.1. The second kappa shape index (κ2) is 8.62. The molecule has 1 aliphatic rings. The van der Waals surface area contributed by atoms with Crippen molar-refractivity contribution in [1.29, 1.82) is 0 Å². The van der Waals surface area contributed by atoms with E-state index < -0.39 is 0 Å². The van der Waals surface area contributed by atoms with Gasteiger partial charge in [-0.05, 0) is 11.1 Å². The van der Waals surface area contributed by atoms with E-state index in [-0.39, 0.29) is 12.0 Å². The first-order chi connectivity index (χ1) is 11.8. The van der Waals surface area contributed by atoms with Gasteiger partial charge < -0.3 is 14.4 Å². The van der Waals surface area contributed by atoms with Crippen molar-refractivity contribution in [3.8, 4) is 0 Å². The average Bonchev–Trinajstić information content (AvgIpc) is 2.64. The zero-order valence-corrected chi connectivity index (χ0v) is 13.8. The van der Waals surface area contributed by atoms with Crippen LogP contribution in [0, 0.1) is 0 Å². The van der Waals surface area contributed by atoms with Gasteiger partial charge in [-0.3, -0.25) is 4.79 Å². The maximum atomic E-state index is 12.4. The molecule has 0 N–H and O–H groups in total. The third-order valence-corrected chi connectivity index (χ3v) is 4.10. The van der Waals surface area contributed by atoms with E-state index in [4.69, 9.17) is 9.47 Å². The first kappa shape index (κ1) is 16.7. The number of hydrogen-bond donors (Lipinski definition) is 0. The van der Waals surface area contributed by atoms with E-state index in [1.807, 2.05) is 65.6 Å². The van der Waals surface area contributed by atoms with Crippen molar-refractivity contribution >= 4 is 5.91 Å². The lowest BCUT2D eigenvalue weighted by molar-refractivity contribution is -0.140. The quantitative estimate of drug-likeness (QED) is 0.820. The molecule has 0 aromatic heterocycles. The van der Waals surface area contributed by atoms with Crippen molar-refractivity contribution in [1.82, 2.24) is 4.90 Å². The Morgan fingerprint density at radius 3 is 2.42 bits per heavy atom. The number of hydrogen-bond acceptors (Lipinski definition) is 3. The van der Waals surface area contributed by atoms with Gasteiger partial charge in [-0.25, -0.2) is 0 Å². The summed E-state index contributed by atoms with van der Waals surface area (Å²) in [5, 5.41) is 0. The van der Waals surface area contributed by atoms with Crippen LogP contribution in [0.25, 0.3) is 0 Å². The number of carbonyl (C=O) groups excluding carboxylic acids is 1. The van der Waals surface area contributed by atoms with Gasteiger partial charge in [-0.15, -0.1) is 0 Å². The first-order valence-electron chi connectivity index (χ1n) is 8.36. The van der Waals surface area contributed by atoms with Gasteiger partial charge in [0.05, 0.1) is 32.3 Å². The van der Waals surface area contributed by atoms with Crippen LogP contribution in [0.3, 0.4) is 0 Å². The van der Waals surface area contributed by atoms with E-state index in [9.17, 15) is 4.79 Å². The molecule has 2 aromatic carbocycles. The van der Waals surface area contributed by atoms with Gasteiger partial charge in [-0.2, -0.15) is 0 Å². The fourth-order valence-corrected chi connectivity index (χ4v) is 2.81. The van der Waals surface area contributed by atoms with Crippen LogP contribution in [0.15, 0.2) is 60.7 Å². The maximum absolute atomic E-state index is 12.4. The Kier molecular flexibility index (Phi) is 5.99. The second-order valence-electron chi connectivity index (χ2n) is 6.00. The number of benzene rings is 2. The molecule has 4 nitrogen and oxygen atoms in total. The summed E-state index contributed by atoms with van der Waals surface area (Å²) in [4.78, 5) is 14.3. The minimum Gasteiger partial charge on any atom is -0.374 e. The SMILES string of the molecule is O=C(Cc1ccccc1)N1CCOC(COCc2ccccc2)C1. The predicted molar refractivity (Wildman–Crippen MR) is 92.6 cm³/mol. The molecule has 4 heteroatoms. The molecule has 0 bridgehead atoms. The molecule has 2 aromatic rings. The summed E-state index contributed by atoms with van der Waals surface area (Å²) in [6.45, 7) is 2.89. The lowest BCUT2D eigenvalue weighted by Crippen LogP contribution is -2.47. The summed E-state index contributed by atoms with van der Waals surface area (Å²) >= 11 is 0. The fraction of sp³-hybridized carbons (Fsp3) is 0.350. The molecule has 1 unspecified atom stereocenters. The summed E-state index contributed by atoms with van der Waals surface area (Å²) in [5.74, 6) is 0.151. The van der Waals surface area contributed by atoms with Gasteiger partial charge >= 0.3 is 0 Å². The van der Waals surface area contributed by atoms with Crippen LogP contribution >= 0.6 is 0 Å². The van der Waals surface area contributed by atoms with Gasteiger partial charge in [-0.1, -0.05) is 60.7 Å². The number of nitrogens with zero attached hydrogens (tertiary/aromatic N) is 1. The highest BCUT2D eigenvalue weighted by Gasteiger charge is 2.24. The van der Waals surface area contributed by atoms with Crippen LogP contribution in [0.4, 0.5) is 0 Å². The van der Waals surface area contributed by atoms with Crippen molar-refractivity contribution in [2.75, 3.05) is 26.3 Å². The molecule has 1 aliphatic heterocycles. The third-order valence-electron chi connectivity index (χ3n) is 4.10. The molecule has 0 radical (unpaired) electrons. The summed E-state index contributed by atoms with van der Waals surface area (Å²) in [6.07, 6.45) is 0.389. The third kappa shape index (κ3) is 4.91. The van der Waals surface area contributed by atoms with E-state index in [1.54, 1.807) is 0 Å². The molecule has 1 heterocycles. The standard InChI is InChI=1S/C20H23NO3/c22-20(13-17-7-3-1-4-8-17)21-11-12-24-19(14-21)16-23-15-18-9-5-2-6-10-18/h1-10,19H,11-16H2. The summed E-state index contributed by atoms with van der Waals surface area (Å²) in [5.41, 5.74) is 2.19. The van der Waals surface area contributed by atoms with Crippen LogP contribution < -0.4 is 0 Å². The number of amides is 1. The van der Waals surface area contributed by atoms with Gasteiger partial charge in [0.2, 0.25) is 5.91 Å². The molecule has 0 aliphatic carbocycles. The Hall–Kier alpha value is -2.17. The zero-order chi connectivity index (χ0) is 16.6. The van der Waals surface area contributed by atoms with E-state index >= 15 is 0 Å². The Morgan fingerprint density at radius 2 is 1.71 bits per heavy atom. The second-order valence-corrected chi connectivity index (χ2v) is 6.00. The number of carbonyl (C=O) groups is 1. The molecule has 24 heavy (non-hydrogen) atoms. The van der Waals surface area contributed by atoms with E-state index in [2.05, 4.69) is 0 Å². The smallest absolute Gasteiger partial charge is 0.227 e. The molecule has 1 atom stereocenters. The Labute approximate surface area is 143 Å². The van der Waals surface area contributed by atoms with Crippen molar-refractivity contribution in [2.45, 2.75) is 19.1 Å². The van der Waals surface area contributed by atoms with Gasteiger partial charge in [0, 0.05) is 13.1 Å². The maximum Gasteiger partial charge on any atom is 0.227 e. The highest BCUT2D eigenvalue weighted by molar-refractivity contribution is 5.78. The van der Waals surface area contributed by atoms with Crippen molar-refractivity contribution in [2.24, 2.45) is 0 Å². The molecular weight excluding hydrogens is 302 g/mol. The van der Waals surface area contributed by atoms with Crippen molar-refractivity contribution in [3.05, 3.63) is 71.8 Å². The molecule has 1 fully saturated rings. The molecule has 1 amide bonds. The molecule has 0 spiro atoms. The Morgan fingerprint density at radius 1 is 1.04 bits per heavy atom. The summed E-state index contributed by atoms with van der Waals surface area (Å²) < 4.78 is 11.5. The minimum atomic E-state index is -0.0535. The van der Waals surface area contributed by atoms with Crippen LogP contribution in [0.5, 0.6) is 0 Å². The number of rotatable bonds is 6. The number of ether oxygens (including phenoxy) is 2. The lowest BCUT2D eigenvalue weighted by Gasteiger charge is -2.33. The van der Waals surface area contributed by atoms with Crippen LogP contribution in [-0.4, -0.2) is 43.2 Å². The van der Waals surface area contributed by atoms with Gasteiger partial charge in [0.1, 0.15) is 0 Å². The summed E-state index contributed by atoms with van der Waals surface area (Å²) in [7, 11) is 0. The average molecular weight is 325 g/mol. The minimum absolute atomic E-state index is 0.0535.